The molecule has 3 aromatic rings. The van der Waals surface area contributed by atoms with E-state index in [9.17, 15) is 13.2 Å². The van der Waals surface area contributed by atoms with Crippen LogP contribution >= 0.6 is 27.3 Å². The summed E-state index contributed by atoms with van der Waals surface area (Å²) in [5.74, 6) is 0. The van der Waals surface area contributed by atoms with Gasteiger partial charge >= 0.3 is 0 Å². The molecule has 134 valence electrons. The van der Waals surface area contributed by atoms with Crippen molar-refractivity contribution in [2.75, 3.05) is 18.1 Å². The minimum Gasteiger partial charge on any atom is -0.378 e. The maximum Gasteiger partial charge on any atom is 0.175 e. The van der Waals surface area contributed by atoms with Crippen LogP contribution in [-0.2, 0) is 14.6 Å². The van der Waals surface area contributed by atoms with Crippen LogP contribution in [0.5, 0.6) is 0 Å². The normalized spacial score (nSPS) is 11.3. The van der Waals surface area contributed by atoms with Crippen molar-refractivity contribution in [3.8, 4) is 21.6 Å². The highest BCUT2D eigenvalue weighted by atomic mass is 79.9. The lowest BCUT2D eigenvalue weighted by Crippen LogP contribution is -2.01. The summed E-state index contributed by atoms with van der Waals surface area (Å²) in [6.07, 6.45) is 2.03. The number of carbonyl (C=O) groups is 1. The molecule has 1 aromatic heterocycles. The van der Waals surface area contributed by atoms with Crippen LogP contribution in [0.3, 0.4) is 0 Å². The van der Waals surface area contributed by atoms with Crippen LogP contribution in [0.4, 0.5) is 5.69 Å². The summed E-state index contributed by atoms with van der Waals surface area (Å²) in [6.45, 7) is 0.280. The maximum atomic E-state index is 11.6. The lowest BCUT2D eigenvalue weighted by Gasteiger charge is -2.07. The number of anilines is 1. The highest BCUT2D eigenvalue weighted by molar-refractivity contribution is 9.11. The van der Waals surface area contributed by atoms with E-state index in [4.69, 9.17) is 0 Å². The van der Waals surface area contributed by atoms with E-state index in [-0.39, 0.29) is 6.54 Å². The first-order valence-corrected chi connectivity index (χ1v) is 11.3. The number of sulfone groups is 1. The van der Waals surface area contributed by atoms with Crippen molar-refractivity contribution in [3.63, 3.8) is 0 Å². The summed E-state index contributed by atoms with van der Waals surface area (Å²) in [5, 5.41) is 3.01. The van der Waals surface area contributed by atoms with Gasteiger partial charge in [0.25, 0.3) is 0 Å². The fourth-order valence-corrected chi connectivity index (χ4v) is 4.83. The molecule has 3 rings (SSSR count). The van der Waals surface area contributed by atoms with Crippen molar-refractivity contribution in [2.24, 2.45) is 0 Å². The van der Waals surface area contributed by atoms with Gasteiger partial charge in [-0.3, -0.25) is 0 Å². The molecule has 4 nitrogen and oxygen atoms in total. The second kappa shape index (κ2) is 7.73. The van der Waals surface area contributed by atoms with Crippen LogP contribution in [0.1, 0.15) is 0 Å². The van der Waals surface area contributed by atoms with Crippen LogP contribution in [0.25, 0.3) is 21.6 Å². The fraction of sp³-hybridized carbons (Fsp3) is 0.105. The van der Waals surface area contributed by atoms with Gasteiger partial charge in [-0.2, -0.15) is 0 Å². The molecule has 0 fully saturated rings. The number of aldehydes is 1. The predicted molar refractivity (Wildman–Crippen MR) is 111 cm³/mol. The van der Waals surface area contributed by atoms with Gasteiger partial charge in [-0.15, -0.1) is 11.3 Å². The number of rotatable bonds is 6. The average molecular weight is 450 g/mol. The van der Waals surface area contributed by atoms with Crippen LogP contribution in [0.15, 0.2) is 63.3 Å². The second-order valence-electron chi connectivity index (χ2n) is 5.71. The molecule has 0 aliphatic carbocycles. The van der Waals surface area contributed by atoms with Gasteiger partial charge in [-0.1, -0.05) is 24.3 Å². The maximum absolute atomic E-state index is 11.6. The van der Waals surface area contributed by atoms with E-state index in [0.29, 0.717) is 4.90 Å². The molecule has 1 heterocycles. The zero-order valence-corrected chi connectivity index (χ0v) is 17.1. The van der Waals surface area contributed by atoms with Crippen molar-refractivity contribution in [1.29, 1.82) is 0 Å². The van der Waals surface area contributed by atoms with E-state index in [1.54, 1.807) is 23.5 Å². The minimum atomic E-state index is -3.21. The van der Waals surface area contributed by atoms with Crippen molar-refractivity contribution in [3.05, 3.63) is 58.4 Å². The van der Waals surface area contributed by atoms with Crippen molar-refractivity contribution >= 4 is 49.1 Å². The third-order valence-electron chi connectivity index (χ3n) is 3.83. The molecule has 0 saturated carbocycles. The summed E-state index contributed by atoms with van der Waals surface area (Å²) >= 11 is 5.16. The number of thiophene rings is 1. The summed E-state index contributed by atoms with van der Waals surface area (Å²) in [5.41, 5.74) is 3.93. The first-order chi connectivity index (χ1) is 12.4. The molecule has 0 amide bonds. The van der Waals surface area contributed by atoms with E-state index in [1.807, 2.05) is 42.5 Å². The molecule has 1 N–H and O–H groups in total. The van der Waals surface area contributed by atoms with Gasteiger partial charge in [-0.25, -0.2) is 8.42 Å². The number of benzene rings is 2. The Labute approximate surface area is 164 Å². The van der Waals surface area contributed by atoms with Gasteiger partial charge in [0.1, 0.15) is 6.29 Å². The Morgan fingerprint density at radius 3 is 2.23 bits per heavy atom. The Hall–Kier alpha value is -1.96. The van der Waals surface area contributed by atoms with E-state index in [2.05, 4.69) is 21.2 Å². The Bertz CT molecular complexity index is 1020. The van der Waals surface area contributed by atoms with Crippen molar-refractivity contribution < 1.29 is 13.2 Å². The highest BCUT2D eigenvalue weighted by Crippen LogP contribution is 2.42. The minimum absolute atomic E-state index is 0.280. The second-order valence-corrected chi connectivity index (χ2v) is 10.2. The highest BCUT2D eigenvalue weighted by Gasteiger charge is 2.13. The molecule has 26 heavy (non-hydrogen) atoms. The zero-order chi connectivity index (χ0) is 18.7. The molecule has 0 atom stereocenters. The van der Waals surface area contributed by atoms with Crippen molar-refractivity contribution in [1.82, 2.24) is 0 Å². The number of hydrogen-bond donors (Lipinski definition) is 1. The van der Waals surface area contributed by atoms with Gasteiger partial charge in [0.05, 0.1) is 15.2 Å². The first kappa shape index (κ1) is 18.8. The lowest BCUT2D eigenvalue weighted by molar-refractivity contribution is -0.106. The Kier molecular flexibility index (Phi) is 5.60. The number of hydrogen-bond acceptors (Lipinski definition) is 5. The molecule has 0 unspecified atom stereocenters. The lowest BCUT2D eigenvalue weighted by atomic mass is 10.0. The Balaban J connectivity index is 1.97. The quantitative estimate of drug-likeness (QED) is 0.545. The van der Waals surface area contributed by atoms with Crippen LogP contribution < -0.4 is 5.32 Å². The monoisotopic (exact) mass is 449 g/mol. The topological polar surface area (TPSA) is 63.2 Å². The Morgan fingerprint density at radius 2 is 1.65 bits per heavy atom. The molecule has 0 bridgehead atoms. The van der Waals surface area contributed by atoms with Gasteiger partial charge in [0.15, 0.2) is 9.84 Å². The van der Waals surface area contributed by atoms with Gasteiger partial charge in [0, 0.05) is 22.4 Å². The summed E-state index contributed by atoms with van der Waals surface area (Å²) in [7, 11) is -3.21. The van der Waals surface area contributed by atoms with Gasteiger partial charge < -0.3 is 10.1 Å². The number of halogens is 1. The average Bonchev–Trinajstić information content (AvgIpc) is 3.01. The molecule has 0 spiro atoms. The largest absolute Gasteiger partial charge is 0.378 e. The zero-order valence-electron chi connectivity index (χ0n) is 13.9. The smallest absolute Gasteiger partial charge is 0.175 e. The van der Waals surface area contributed by atoms with Crippen molar-refractivity contribution in [2.45, 2.75) is 4.90 Å². The standard InChI is InChI=1S/C19H16BrNO3S2/c1-26(23,24)16-8-4-13(5-9-16)17-12-18(20)25-19(17)14-2-6-15(7-3-14)21-10-11-22/h2-9,11-12,21H,10H2,1H3. The molecule has 2 aromatic carbocycles. The summed E-state index contributed by atoms with van der Waals surface area (Å²) in [4.78, 5) is 11.8. The molecular weight excluding hydrogens is 434 g/mol. The third-order valence-corrected chi connectivity index (χ3v) is 6.65. The van der Waals surface area contributed by atoms with E-state index < -0.39 is 9.84 Å². The fourth-order valence-electron chi connectivity index (χ4n) is 2.57. The van der Waals surface area contributed by atoms with E-state index in [1.165, 1.54) is 6.26 Å². The van der Waals surface area contributed by atoms with E-state index >= 15 is 0 Å². The van der Waals surface area contributed by atoms with Crippen LogP contribution in [0, 0.1) is 0 Å². The first-order valence-electron chi connectivity index (χ1n) is 7.76. The molecule has 0 saturated heterocycles. The molecule has 7 heteroatoms. The molecule has 0 radical (unpaired) electrons. The predicted octanol–water partition coefficient (Wildman–Crippen LogP) is 4.86. The number of nitrogens with one attached hydrogen (secondary N) is 1. The molecule has 0 aliphatic heterocycles. The van der Waals surface area contributed by atoms with E-state index in [0.717, 1.165) is 37.3 Å². The molecule has 0 aliphatic rings. The van der Waals surface area contributed by atoms with Gasteiger partial charge in [0.2, 0.25) is 0 Å². The van der Waals surface area contributed by atoms with Crippen LogP contribution in [0.2, 0.25) is 0 Å². The van der Waals surface area contributed by atoms with Crippen LogP contribution in [-0.4, -0.2) is 27.5 Å². The number of carbonyl (C=O) groups excluding carboxylic acids is 1. The van der Waals surface area contributed by atoms with Gasteiger partial charge in [-0.05, 0) is 57.4 Å². The SMILES string of the molecule is CS(=O)(=O)c1ccc(-c2cc(Br)sc2-c2ccc(NCC=O)cc2)cc1. The summed E-state index contributed by atoms with van der Waals surface area (Å²) < 4.78 is 24.3. The molecular formula is C19H16BrNO3S2. The third kappa shape index (κ3) is 4.23. The summed E-state index contributed by atoms with van der Waals surface area (Å²) in [6, 6.07) is 16.8. The Morgan fingerprint density at radius 1 is 1.04 bits per heavy atom.